The fraction of sp³-hybridized carbons (Fsp3) is 0.0192. The number of nitrogens with zero attached hydrogens (tertiary/aromatic N) is 3. The van der Waals surface area contributed by atoms with Crippen LogP contribution in [0.3, 0.4) is 0 Å². The largest absolute Gasteiger partial charge is 0.208 e. The molecule has 0 atom stereocenters. The summed E-state index contributed by atoms with van der Waals surface area (Å²) in [4.78, 5) is 14.8. The number of hydrogen-bond donors (Lipinski definition) is 0. The van der Waals surface area contributed by atoms with Crippen LogP contribution in [0.4, 0.5) is 0 Å². The summed E-state index contributed by atoms with van der Waals surface area (Å²) < 4.78 is 0. The second-order valence-corrected chi connectivity index (χ2v) is 14.4. The first kappa shape index (κ1) is 31.3. The molecule has 0 unspecified atom stereocenters. The van der Waals surface area contributed by atoms with Gasteiger partial charge in [-0.3, -0.25) is 0 Å². The highest BCUT2D eigenvalue weighted by atomic mass is 15.0. The third-order valence-electron chi connectivity index (χ3n) is 11.1. The molecule has 10 aromatic rings. The van der Waals surface area contributed by atoms with Gasteiger partial charge in [0.15, 0.2) is 17.5 Å². The summed E-state index contributed by atoms with van der Waals surface area (Å²) in [6, 6.07) is 67.3. The number of hydrogen-bond acceptors (Lipinski definition) is 3. The Morgan fingerprint density at radius 1 is 0.273 bits per heavy atom. The standard InChI is InChI=1S/C52H33N3/c1-3-12-34(13-4-1)50-53-51(35-14-5-2-6-15-35)55-52(54-50)36-24-22-33(23-25-36)42-20-11-21-45-43-18-9-10-19-44(43)48-32-38(28-29-46(48)49(42)45)37-26-27-40-30-39-16-7-8-17-41(39)47(40)31-37/h1-29,31-32H,30H2. The Morgan fingerprint density at radius 3 is 1.45 bits per heavy atom. The highest BCUT2D eigenvalue weighted by Crippen LogP contribution is 2.43. The van der Waals surface area contributed by atoms with Gasteiger partial charge in [-0.2, -0.15) is 0 Å². The second-order valence-electron chi connectivity index (χ2n) is 14.4. The van der Waals surface area contributed by atoms with Crippen molar-refractivity contribution in [2.24, 2.45) is 0 Å². The molecule has 3 heteroatoms. The molecule has 0 aliphatic heterocycles. The highest BCUT2D eigenvalue weighted by molar-refractivity contribution is 6.28. The maximum absolute atomic E-state index is 4.97. The topological polar surface area (TPSA) is 38.7 Å². The lowest BCUT2D eigenvalue weighted by Crippen LogP contribution is -2.00. The van der Waals surface area contributed by atoms with E-state index in [0.717, 1.165) is 28.7 Å². The predicted octanol–water partition coefficient (Wildman–Crippen LogP) is 13.2. The number of rotatable bonds is 5. The van der Waals surface area contributed by atoms with Gasteiger partial charge in [0.05, 0.1) is 0 Å². The van der Waals surface area contributed by atoms with E-state index in [1.807, 2.05) is 60.7 Å². The van der Waals surface area contributed by atoms with Crippen LogP contribution in [-0.4, -0.2) is 15.0 Å². The molecule has 1 heterocycles. The predicted molar refractivity (Wildman–Crippen MR) is 228 cm³/mol. The van der Waals surface area contributed by atoms with Crippen LogP contribution in [-0.2, 0) is 6.42 Å². The van der Waals surface area contributed by atoms with Crippen LogP contribution < -0.4 is 0 Å². The van der Waals surface area contributed by atoms with Gasteiger partial charge in [-0.15, -0.1) is 0 Å². The third-order valence-corrected chi connectivity index (χ3v) is 11.1. The molecule has 55 heavy (non-hydrogen) atoms. The van der Waals surface area contributed by atoms with Crippen LogP contribution in [0, 0.1) is 0 Å². The monoisotopic (exact) mass is 699 g/mol. The summed E-state index contributed by atoms with van der Waals surface area (Å²) >= 11 is 0. The fourth-order valence-electron chi connectivity index (χ4n) is 8.46. The lowest BCUT2D eigenvalue weighted by atomic mass is 9.88. The van der Waals surface area contributed by atoms with Gasteiger partial charge in [-0.05, 0) is 95.4 Å². The van der Waals surface area contributed by atoms with E-state index in [0.29, 0.717) is 17.5 Å². The molecular formula is C52H33N3. The maximum Gasteiger partial charge on any atom is 0.164 e. The minimum atomic E-state index is 0.649. The first-order valence-electron chi connectivity index (χ1n) is 18.8. The minimum absolute atomic E-state index is 0.649. The molecule has 0 saturated carbocycles. The van der Waals surface area contributed by atoms with Crippen LogP contribution in [0.15, 0.2) is 188 Å². The molecule has 1 aromatic heterocycles. The Balaban J connectivity index is 1.04. The van der Waals surface area contributed by atoms with Crippen molar-refractivity contribution in [3.63, 3.8) is 0 Å². The van der Waals surface area contributed by atoms with E-state index in [-0.39, 0.29) is 0 Å². The lowest BCUT2D eigenvalue weighted by molar-refractivity contribution is 1.07. The van der Waals surface area contributed by atoms with Crippen molar-refractivity contribution in [3.05, 3.63) is 199 Å². The molecule has 0 radical (unpaired) electrons. The van der Waals surface area contributed by atoms with Gasteiger partial charge in [0.1, 0.15) is 0 Å². The molecule has 0 saturated heterocycles. The fourth-order valence-corrected chi connectivity index (χ4v) is 8.46. The second kappa shape index (κ2) is 12.7. The zero-order chi connectivity index (χ0) is 36.3. The van der Waals surface area contributed by atoms with Gasteiger partial charge in [0, 0.05) is 16.7 Å². The molecule has 0 spiro atoms. The average molecular weight is 700 g/mol. The molecule has 256 valence electrons. The van der Waals surface area contributed by atoms with Gasteiger partial charge in [-0.25, -0.2) is 15.0 Å². The summed E-state index contributed by atoms with van der Waals surface area (Å²) in [7, 11) is 0. The van der Waals surface area contributed by atoms with Crippen molar-refractivity contribution >= 4 is 32.3 Å². The number of aromatic nitrogens is 3. The number of fused-ring (bicyclic) bond motifs is 9. The summed E-state index contributed by atoms with van der Waals surface area (Å²) in [5, 5.41) is 7.55. The molecule has 0 bridgehead atoms. The molecule has 1 aliphatic carbocycles. The smallest absolute Gasteiger partial charge is 0.164 e. The molecule has 3 nitrogen and oxygen atoms in total. The van der Waals surface area contributed by atoms with E-state index in [9.17, 15) is 0 Å². The summed E-state index contributed by atoms with van der Waals surface area (Å²) in [6.07, 6.45) is 1.00. The van der Waals surface area contributed by atoms with Gasteiger partial charge < -0.3 is 0 Å². The lowest BCUT2D eigenvalue weighted by Gasteiger charge is -2.16. The van der Waals surface area contributed by atoms with E-state index in [2.05, 4.69) is 127 Å². The van der Waals surface area contributed by atoms with Crippen molar-refractivity contribution < 1.29 is 0 Å². The Kier molecular flexibility index (Phi) is 7.24. The van der Waals surface area contributed by atoms with Crippen molar-refractivity contribution in [1.82, 2.24) is 15.0 Å². The van der Waals surface area contributed by atoms with Crippen LogP contribution in [0.25, 0.3) is 99.9 Å². The van der Waals surface area contributed by atoms with Crippen molar-refractivity contribution in [1.29, 1.82) is 0 Å². The first-order chi connectivity index (χ1) is 27.2. The van der Waals surface area contributed by atoms with E-state index in [4.69, 9.17) is 15.0 Å². The van der Waals surface area contributed by atoms with Crippen molar-refractivity contribution in [2.45, 2.75) is 6.42 Å². The van der Waals surface area contributed by atoms with E-state index < -0.39 is 0 Å². The van der Waals surface area contributed by atoms with Crippen LogP contribution in [0.1, 0.15) is 11.1 Å². The van der Waals surface area contributed by atoms with Gasteiger partial charge in [-0.1, -0.05) is 176 Å². The quantitative estimate of drug-likeness (QED) is 0.168. The number of benzene rings is 9. The molecular weight excluding hydrogens is 667 g/mol. The zero-order valence-corrected chi connectivity index (χ0v) is 29.9. The first-order valence-corrected chi connectivity index (χ1v) is 18.8. The van der Waals surface area contributed by atoms with E-state index >= 15 is 0 Å². The molecule has 11 rings (SSSR count). The van der Waals surface area contributed by atoms with Crippen molar-refractivity contribution in [3.8, 4) is 67.5 Å². The molecule has 1 aliphatic rings. The van der Waals surface area contributed by atoms with Crippen LogP contribution >= 0.6 is 0 Å². The minimum Gasteiger partial charge on any atom is -0.208 e. The Hall–Kier alpha value is -7.23. The van der Waals surface area contributed by atoms with Crippen molar-refractivity contribution in [2.75, 3.05) is 0 Å². The maximum atomic E-state index is 4.97. The normalized spacial score (nSPS) is 11.9. The van der Waals surface area contributed by atoms with Gasteiger partial charge in [0.2, 0.25) is 0 Å². The van der Waals surface area contributed by atoms with Crippen LogP contribution in [0.2, 0.25) is 0 Å². The Bertz CT molecular complexity index is 3040. The third kappa shape index (κ3) is 5.32. The molecule has 0 amide bonds. The molecule has 0 N–H and O–H groups in total. The highest BCUT2D eigenvalue weighted by Gasteiger charge is 2.20. The summed E-state index contributed by atoms with van der Waals surface area (Å²) in [5.41, 5.74) is 13.2. The van der Waals surface area contributed by atoms with Gasteiger partial charge >= 0.3 is 0 Å². The molecule has 9 aromatic carbocycles. The van der Waals surface area contributed by atoms with E-state index in [1.165, 1.54) is 71.3 Å². The zero-order valence-electron chi connectivity index (χ0n) is 29.9. The Morgan fingerprint density at radius 2 is 0.745 bits per heavy atom. The van der Waals surface area contributed by atoms with Gasteiger partial charge in [0.25, 0.3) is 0 Å². The van der Waals surface area contributed by atoms with E-state index in [1.54, 1.807) is 0 Å². The molecule has 0 fully saturated rings. The Labute approximate surface area is 319 Å². The SMILES string of the molecule is c1ccc(-c2nc(-c3ccccc3)nc(-c3ccc(-c4cccc5c6ccccc6c6cc(-c7ccc8c(c7)-c7ccccc7C8)ccc6c45)cc3)n2)cc1. The average Bonchev–Trinajstić information content (AvgIpc) is 3.65. The summed E-state index contributed by atoms with van der Waals surface area (Å²) in [5.74, 6) is 1.96. The summed E-state index contributed by atoms with van der Waals surface area (Å²) in [6.45, 7) is 0. The van der Waals surface area contributed by atoms with Crippen LogP contribution in [0.5, 0.6) is 0 Å².